The van der Waals surface area contributed by atoms with E-state index < -0.39 is 76.7 Å². The highest BCUT2D eigenvalue weighted by Crippen LogP contribution is 2.43. The molecule has 0 spiro atoms. The van der Waals surface area contributed by atoms with Gasteiger partial charge in [0.2, 0.25) is 0 Å². The Labute approximate surface area is 332 Å². The third-order valence-electron chi connectivity index (χ3n) is 9.85. The monoisotopic (exact) mass is 813 g/mol. The Balaban J connectivity index is 4.61. The van der Waals surface area contributed by atoms with Crippen LogP contribution >= 0.6 is 7.82 Å². The summed E-state index contributed by atoms with van der Waals surface area (Å²) in [7, 11) is -4.88. The van der Waals surface area contributed by atoms with Crippen LogP contribution in [0.15, 0.2) is 0 Å². The number of hydrogen-bond acceptors (Lipinski definition) is 12. The van der Waals surface area contributed by atoms with Crippen molar-refractivity contribution in [1.29, 1.82) is 0 Å². The molecular formula is C41H81O13P. The summed E-state index contributed by atoms with van der Waals surface area (Å²) in [5, 5.41) is 48.0. The first-order valence-electron chi connectivity index (χ1n) is 21.8. The van der Waals surface area contributed by atoms with E-state index in [4.69, 9.17) is 23.6 Å². The highest BCUT2D eigenvalue weighted by molar-refractivity contribution is 7.47. The molecule has 0 rings (SSSR count). The Morgan fingerprint density at radius 1 is 0.491 bits per heavy atom. The molecule has 328 valence electrons. The number of phosphoric ester groups is 1. The summed E-state index contributed by atoms with van der Waals surface area (Å²) < 4.78 is 33.0. The maximum Gasteiger partial charge on any atom is 0.472 e. The molecule has 0 aromatic heterocycles. The fourth-order valence-electron chi connectivity index (χ4n) is 6.24. The van der Waals surface area contributed by atoms with Gasteiger partial charge >= 0.3 is 19.8 Å². The predicted molar refractivity (Wildman–Crippen MR) is 214 cm³/mol. The van der Waals surface area contributed by atoms with Crippen molar-refractivity contribution in [2.75, 3.05) is 26.4 Å². The number of unbranched alkanes of at least 4 members (excludes halogenated alkanes) is 24. The first kappa shape index (κ1) is 53.9. The molecule has 0 aromatic rings. The number of ether oxygens (including phenoxy) is 2. The lowest BCUT2D eigenvalue weighted by Gasteiger charge is -2.26. The summed E-state index contributed by atoms with van der Waals surface area (Å²) in [6.45, 7) is 1.53. The maximum absolute atomic E-state index is 12.6. The van der Waals surface area contributed by atoms with Crippen LogP contribution in [0.3, 0.4) is 0 Å². The third kappa shape index (κ3) is 33.5. The van der Waals surface area contributed by atoms with Crippen molar-refractivity contribution < 1.29 is 63.1 Å². The van der Waals surface area contributed by atoms with Crippen LogP contribution in [-0.4, -0.2) is 99.3 Å². The molecule has 0 amide bonds. The Hall–Kier alpha value is -1.15. The molecule has 14 heteroatoms. The second-order valence-electron chi connectivity index (χ2n) is 15.1. The molecule has 0 bridgehead atoms. The number of aliphatic hydroxyl groups excluding tert-OH is 5. The second-order valence-corrected chi connectivity index (χ2v) is 16.6. The van der Waals surface area contributed by atoms with Gasteiger partial charge in [-0.15, -0.1) is 0 Å². The van der Waals surface area contributed by atoms with Gasteiger partial charge in [0.1, 0.15) is 31.0 Å². The average Bonchev–Trinajstić information content (AvgIpc) is 3.17. The van der Waals surface area contributed by atoms with Gasteiger partial charge in [0.15, 0.2) is 6.10 Å². The summed E-state index contributed by atoms with van der Waals surface area (Å²) in [5.41, 5.74) is 0. The molecule has 1 unspecified atom stereocenters. The van der Waals surface area contributed by atoms with E-state index in [1.165, 1.54) is 116 Å². The zero-order chi connectivity index (χ0) is 41.0. The maximum atomic E-state index is 12.6. The lowest BCUT2D eigenvalue weighted by Crippen LogP contribution is -2.47. The van der Waals surface area contributed by atoms with Crippen LogP contribution in [-0.2, 0) is 32.7 Å². The molecule has 0 aromatic carbocycles. The highest BCUT2D eigenvalue weighted by Gasteiger charge is 2.33. The van der Waals surface area contributed by atoms with Gasteiger partial charge < -0.3 is 39.9 Å². The number of phosphoric acid groups is 1. The summed E-state index contributed by atoms with van der Waals surface area (Å²) in [6.07, 6.45) is 21.9. The summed E-state index contributed by atoms with van der Waals surface area (Å²) in [5.74, 6) is -1.04. The van der Waals surface area contributed by atoms with Crippen molar-refractivity contribution in [3.8, 4) is 0 Å². The molecule has 0 aliphatic heterocycles. The topological polar surface area (TPSA) is 210 Å². The van der Waals surface area contributed by atoms with Gasteiger partial charge in [-0.2, -0.15) is 0 Å². The molecule has 0 aliphatic carbocycles. The zero-order valence-corrected chi connectivity index (χ0v) is 35.4. The van der Waals surface area contributed by atoms with E-state index in [1.807, 2.05) is 0 Å². The Morgan fingerprint density at radius 2 is 0.836 bits per heavy atom. The van der Waals surface area contributed by atoms with Crippen molar-refractivity contribution >= 4 is 19.8 Å². The molecule has 0 saturated carbocycles. The quantitative estimate of drug-likeness (QED) is 0.0197. The summed E-state index contributed by atoms with van der Waals surface area (Å²) in [6, 6.07) is 0. The van der Waals surface area contributed by atoms with Crippen molar-refractivity contribution in [3.63, 3.8) is 0 Å². The first-order chi connectivity index (χ1) is 26.5. The minimum Gasteiger partial charge on any atom is -0.462 e. The zero-order valence-electron chi connectivity index (χ0n) is 34.5. The van der Waals surface area contributed by atoms with Gasteiger partial charge in [-0.1, -0.05) is 168 Å². The molecule has 0 heterocycles. The molecule has 13 nitrogen and oxygen atoms in total. The number of carbonyl (C=O) groups excluding carboxylic acids is 2. The van der Waals surface area contributed by atoms with Crippen LogP contribution in [0, 0.1) is 0 Å². The first-order valence-corrected chi connectivity index (χ1v) is 23.3. The lowest BCUT2D eigenvalue weighted by atomic mass is 10.0. The van der Waals surface area contributed by atoms with E-state index in [0.29, 0.717) is 12.8 Å². The number of carbonyl (C=O) groups is 2. The molecule has 0 fully saturated rings. The number of hydrogen-bond donors (Lipinski definition) is 6. The van der Waals surface area contributed by atoms with Crippen molar-refractivity contribution in [1.82, 2.24) is 0 Å². The van der Waals surface area contributed by atoms with E-state index in [0.717, 1.165) is 38.5 Å². The van der Waals surface area contributed by atoms with Crippen molar-refractivity contribution in [2.24, 2.45) is 0 Å². The minimum atomic E-state index is -4.88. The van der Waals surface area contributed by atoms with E-state index in [2.05, 4.69) is 13.8 Å². The van der Waals surface area contributed by atoms with E-state index in [-0.39, 0.29) is 12.8 Å². The largest absolute Gasteiger partial charge is 0.472 e. The smallest absolute Gasteiger partial charge is 0.462 e. The second kappa shape index (κ2) is 37.1. The average molecular weight is 813 g/mol. The van der Waals surface area contributed by atoms with Crippen molar-refractivity contribution in [2.45, 2.75) is 224 Å². The van der Waals surface area contributed by atoms with E-state index in [1.54, 1.807) is 0 Å². The number of esters is 2. The van der Waals surface area contributed by atoms with Gasteiger partial charge in [-0.25, -0.2) is 4.57 Å². The van der Waals surface area contributed by atoms with E-state index >= 15 is 0 Å². The molecular weight excluding hydrogens is 731 g/mol. The predicted octanol–water partition coefficient (Wildman–Crippen LogP) is 7.97. The summed E-state index contributed by atoms with van der Waals surface area (Å²) in [4.78, 5) is 35.3. The standard InChI is InChI=1S/C41H81O13P/c1-3-5-7-9-11-13-15-16-17-18-20-21-23-25-27-29-38(45)51-32-35(54-39(46)30-28-26-24-22-19-14-12-10-8-6-4-2)33-52-55(49,50)53-34-37(44)41(48)40(47)36(43)31-42/h35-37,40-44,47-48H,3-34H2,1-2H3,(H,49,50)/t35-,36-,37-,40-,41-/m1/s1. The van der Waals surface area contributed by atoms with Gasteiger partial charge in [-0.05, 0) is 12.8 Å². The fraction of sp³-hybridized carbons (Fsp3) is 0.951. The van der Waals surface area contributed by atoms with Crippen LogP contribution in [0.5, 0.6) is 0 Å². The molecule has 6 N–H and O–H groups in total. The van der Waals surface area contributed by atoms with Crippen LogP contribution < -0.4 is 0 Å². The summed E-state index contributed by atoms with van der Waals surface area (Å²) >= 11 is 0. The van der Waals surface area contributed by atoms with Gasteiger partial charge in [0, 0.05) is 12.8 Å². The molecule has 55 heavy (non-hydrogen) atoms. The number of rotatable bonds is 41. The van der Waals surface area contributed by atoms with Crippen LogP contribution in [0.25, 0.3) is 0 Å². The lowest BCUT2D eigenvalue weighted by molar-refractivity contribution is -0.161. The SMILES string of the molecule is CCCCCCCCCCCCCCCCCC(=O)OC[C@H](COP(=O)(O)OC[C@@H](O)[C@@H](O)[C@H](O)[C@H](O)CO)OC(=O)CCCCCCCCCCCCC. The Kier molecular flexibility index (Phi) is 36.4. The molecule has 0 aliphatic rings. The van der Waals surface area contributed by atoms with Crippen LogP contribution in [0.4, 0.5) is 0 Å². The minimum absolute atomic E-state index is 0.125. The molecule has 0 radical (unpaired) electrons. The van der Waals surface area contributed by atoms with E-state index in [9.17, 15) is 39.5 Å². The van der Waals surface area contributed by atoms with Gasteiger partial charge in [0.05, 0.1) is 19.8 Å². The molecule has 6 atom stereocenters. The Bertz CT molecular complexity index is 940. The fourth-order valence-corrected chi connectivity index (χ4v) is 7.01. The number of aliphatic hydroxyl groups is 5. The van der Waals surface area contributed by atoms with Crippen molar-refractivity contribution in [3.05, 3.63) is 0 Å². The Morgan fingerprint density at radius 3 is 1.24 bits per heavy atom. The molecule has 0 saturated heterocycles. The highest BCUT2D eigenvalue weighted by atomic mass is 31.2. The van der Waals surface area contributed by atoms with Crippen LogP contribution in [0.1, 0.15) is 194 Å². The van der Waals surface area contributed by atoms with Gasteiger partial charge in [-0.3, -0.25) is 18.6 Å². The normalized spacial score (nSPS) is 15.6. The van der Waals surface area contributed by atoms with Gasteiger partial charge in [0.25, 0.3) is 0 Å². The van der Waals surface area contributed by atoms with Crippen LogP contribution in [0.2, 0.25) is 0 Å². The third-order valence-corrected chi connectivity index (χ3v) is 10.8.